The third-order valence-corrected chi connectivity index (χ3v) is 10.4. The quantitative estimate of drug-likeness (QED) is 0.244. The first-order valence-electron chi connectivity index (χ1n) is 13.0. The fraction of sp³-hybridized carbons (Fsp3) is 0.200. The van der Waals surface area contributed by atoms with E-state index in [1.54, 1.807) is 18.2 Å². The number of thiazole rings is 1. The first-order valence-corrected chi connectivity index (χ1v) is 15.5. The number of rotatable bonds is 5. The Bertz CT molecular complexity index is 1840. The van der Waals surface area contributed by atoms with Crippen molar-refractivity contribution < 1.29 is 27.6 Å². The first-order chi connectivity index (χ1) is 20.4. The standard InChI is InChI=1S/C30H21BrF3N3O4S2/c1-15-8-10-20(11-9-15)37-26(39)23-22(16-4-2-6-18(31)12-16)25-28(42-24(23)27(37)40)36(29(41)43-25)14-21(38)35-19-7-3-5-17(13-19)30(32,33)34/h2-13,22-24H,14H2,1H3,(H,35,38)/t22-,23?,24?/m1/s1. The lowest BCUT2D eigenvalue weighted by Gasteiger charge is -2.30. The minimum absolute atomic E-state index is 0.0676. The number of fused-ring (bicyclic) bond motifs is 2. The molecule has 13 heteroatoms. The molecule has 3 amide bonds. The van der Waals surface area contributed by atoms with Gasteiger partial charge in [-0.1, -0.05) is 74.9 Å². The second-order valence-corrected chi connectivity index (χ2v) is 13.2. The summed E-state index contributed by atoms with van der Waals surface area (Å²) in [6, 6.07) is 18.6. The number of imide groups is 1. The predicted octanol–water partition coefficient (Wildman–Crippen LogP) is 6.43. The second kappa shape index (κ2) is 11.1. The summed E-state index contributed by atoms with van der Waals surface area (Å²) in [7, 11) is 0. The van der Waals surface area contributed by atoms with Crippen LogP contribution >= 0.6 is 39.0 Å². The van der Waals surface area contributed by atoms with Crippen molar-refractivity contribution in [2.24, 2.45) is 5.92 Å². The molecule has 43 heavy (non-hydrogen) atoms. The van der Waals surface area contributed by atoms with Gasteiger partial charge in [0.1, 0.15) is 11.8 Å². The molecule has 7 nitrogen and oxygen atoms in total. The zero-order valence-corrected chi connectivity index (χ0v) is 25.4. The lowest BCUT2D eigenvalue weighted by Crippen LogP contribution is -2.33. The van der Waals surface area contributed by atoms with Gasteiger partial charge in [0.25, 0.3) is 0 Å². The van der Waals surface area contributed by atoms with E-state index in [1.807, 2.05) is 37.3 Å². The highest BCUT2D eigenvalue weighted by molar-refractivity contribution is 9.10. The van der Waals surface area contributed by atoms with E-state index in [2.05, 4.69) is 21.2 Å². The number of carbonyl (C=O) groups is 3. The molecule has 4 aromatic rings. The van der Waals surface area contributed by atoms with Crippen molar-refractivity contribution in [3.05, 3.63) is 109 Å². The van der Waals surface area contributed by atoms with Gasteiger partial charge in [-0.25, -0.2) is 4.90 Å². The van der Waals surface area contributed by atoms with Crippen LogP contribution in [0.15, 0.2) is 87.1 Å². The molecule has 1 saturated heterocycles. The Morgan fingerprint density at radius 2 is 1.70 bits per heavy atom. The minimum Gasteiger partial charge on any atom is -0.325 e. The molecule has 220 valence electrons. The van der Waals surface area contributed by atoms with Crippen LogP contribution in [0.25, 0.3) is 0 Å². The Balaban J connectivity index is 1.38. The fourth-order valence-electron chi connectivity index (χ4n) is 5.38. The highest BCUT2D eigenvalue weighted by Gasteiger charge is 2.56. The van der Waals surface area contributed by atoms with Crippen LogP contribution < -0.4 is 15.1 Å². The van der Waals surface area contributed by atoms with Gasteiger partial charge >= 0.3 is 11.0 Å². The maximum Gasteiger partial charge on any atom is 0.416 e. The number of nitrogens with zero attached hydrogens (tertiary/aromatic N) is 2. The molecular formula is C30H21BrF3N3O4S2. The van der Waals surface area contributed by atoms with Crippen molar-refractivity contribution in [2.75, 3.05) is 10.2 Å². The molecule has 6 rings (SSSR count). The molecule has 0 spiro atoms. The predicted molar refractivity (Wildman–Crippen MR) is 161 cm³/mol. The maximum absolute atomic E-state index is 13.9. The monoisotopic (exact) mass is 687 g/mol. The summed E-state index contributed by atoms with van der Waals surface area (Å²) in [5.41, 5.74) is 1.15. The Kier molecular flexibility index (Phi) is 7.59. The lowest BCUT2D eigenvalue weighted by molar-refractivity contribution is -0.137. The van der Waals surface area contributed by atoms with Crippen molar-refractivity contribution >= 4 is 68.1 Å². The molecule has 1 fully saturated rings. The summed E-state index contributed by atoms with van der Waals surface area (Å²) in [6.45, 7) is 1.41. The van der Waals surface area contributed by atoms with Gasteiger partial charge in [-0.3, -0.25) is 23.7 Å². The molecular weight excluding hydrogens is 667 g/mol. The van der Waals surface area contributed by atoms with Crippen molar-refractivity contribution in [2.45, 2.75) is 35.8 Å². The number of hydrogen-bond acceptors (Lipinski definition) is 6. The fourth-order valence-corrected chi connectivity index (χ4v) is 8.57. The normalized spacial score (nSPS) is 19.7. The topological polar surface area (TPSA) is 88.5 Å². The Labute approximate surface area is 259 Å². The summed E-state index contributed by atoms with van der Waals surface area (Å²) in [5, 5.41) is 1.95. The van der Waals surface area contributed by atoms with Gasteiger partial charge in [0.05, 0.1) is 22.2 Å². The van der Waals surface area contributed by atoms with Gasteiger partial charge in [0.2, 0.25) is 17.7 Å². The number of thioether (sulfide) groups is 1. The third-order valence-electron chi connectivity index (χ3n) is 7.32. The van der Waals surface area contributed by atoms with E-state index in [0.717, 1.165) is 50.8 Å². The van der Waals surface area contributed by atoms with Crippen LogP contribution in [0, 0.1) is 12.8 Å². The number of hydrogen-bond donors (Lipinski definition) is 1. The largest absolute Gasteiger partial charge is 0.416 e. The van der Waals surface area contributed by atoms with E-state index >= 15 is 0 Å². The first kappa shape index (κ1) is 29.4. The van der Waals surface area contributed by atoms with E-state index in [4.69, 9.17) is 0 Å². The second-order valence-electron chi connectivity index (χ2n) is 10.2. The average Bonchev–Trinajstić information content (AvgIpc) is 3.39. The summed E-state index contributed by atoms with van der Waals surface area (Å²) in [5.74, 6) is -2.95. The van der Waals surface area contributed by atoms with E-state index in [0.29, 0.717) is 15.6 Å². The van der Waals surface area contributed by atoms with Crippen molar-refractivity contribution in [1.29, 1.82) is 0 Å². The third kappa shape index (κ3) is 5.45. The average molecular weight is 689 g/mol. The van der Waals surface area contributed by atoms with Crippen LogP contribution in [-0.2, 0) is 27.1 Å². The number of benzene rings is 3. The molecule has 0 aliphatic carbocycles. The number of halogens is 4. The van der Waals surface area contributed by atoms with Crippen LogP contribution in [0.4, 0.5) is 24.5 Å². The van der Waals surface area contributed by atoms with E-state index in [9.17, 15) is 32.3 Å². The molecule has 3 aromatic carbocycles. The van der Waals surface area contributed by atoms with E-state index in [-0.39, 0.29) is 11.6 Å². The molecule has 1 aromatic heterocycles. The Hall–Kier alpha value is -3.68. The smallest absolute Gasteiger partial charge is 0.325 e. The summed E-state index contributed by atoms with van der Waals surface area (Å²) >= 11 is 5.43. The van der Waals surface area contributed by atoms with Gasteiger partial charge in [-0.05, 0) is 55.0 Å². The van der Waals surface area contributed by atoms with Crippen LogP contribution in [0.1, 0.15) is 27.5 Å². The number of amides is 3. The van der Waals surface area contributed by atoms with Gasteiger partial charge in [0.15, 0.2) is 0 Å². The molecule has 1 N–H and O–H groups in total. The number of anilines is 2. The number of alkyl halides is 3. The number of aromatic nitrogens is 1. The molecule has 2 aliphatic rings. The van der Waals surface area contributed by atoms with Gasteiger partial charge in [0, 0.05) is 21.0 Å². The SMILES string of the molecule is Cc1ccc(N2C(=O)C3Sc4c(sc(=O)n4CC(=O)Nc4cccc(C(F)(F)F)c4)[C@H](c4cccc(Br)c4)C3C2=O)cc1. The van der Waals surface area contributed by atoms with Crippen LogP contribution in [0.3, 0.4) is 0 Å². The summed E-state index contributed by atoms with van der Waals surface area (Å²) in [6.07, 6.45) is -4.59. The van der Waals surface area contributed by atoms with Crippen molar-refractivity contribution in [3.63, 3.8) is 0 Å². The van der Waals surface area contributed by atoms with Crippen LogP contribution in [-0.4, -0.2) is 27.5 Å². The zero-order chi connectivity index (χ0) is 30.6. The highest BCUT2D eigenvalue weighted by atomic mass is 79.9. The Morgan fingerprint density at radius 1 is 0.977 bits per heavy atom. The minimum atomic E-state index is -4.59. The van der Waals surface area contributed by atoms with Crippen LogP contribution in [0.5, 0.6) is 0 Å². The molecule has 2 unspecified atom stereocenters. The molecule has 0 bridgehead atoms. The number of carbonyl (C=O) groups excluding carboxylic acids is 3. The number of nitrogens with one attached hydrogen (secondary N) is 1. The molecule has 3 heterocycles. The van der Waals surface area contributed by atoms with Crippen molar-refractivity contribution in [3.8, 4) is 0 Å². The van der Waals surface area contributed by atoms with E-state index < -0.39 is 52.1 Å². The van der Waals surface area contributed by atoms with Gasteiger partial charge < -0.3 is 5.32 Å². The molecule has 3 atom stereocenters. The summed E-state index contributed by atoms with van der Waals surface area (Å²) < 4.78 is 41.4. The lowest BCUT2D eigenvalue weighted by atomic mass is 9.83. The molecule has 0 radical (unpaired) electrons. The van der Waals surface area contributed by atoms with Gasteiger partial charge in [-0.2, -0.15) is 13.2 Å². The van der Waals surface area contributed by atoms with Crippen molar-refractivity contribution in [1.82, 2.24) is 4.57 Å². The van der Waals surface area contributed by atoms with Gasteiger partial charge in [-0.15, -0.1) is 0 Å². The van der Waals surface area contributed by atoms with Crippen LogP contribution in [0.2, 0.25) is 0 Å². The number of aryl methyl sites for hydroxylation is 1. The van der Waals surface area contributed by atoms with E-state index in [1.165, 1.54) is 21.6 Å². The maximum atomic E-state index is 13.9. The zero-order valence-electron chi connectivity index (χ0n) is 22.2. The highest BCUT2D eigenvalue weighted by Crippen LogP contribution is 2.54. The molecule has 2 aliphatic heterocycles. The molecule has 0 saturated carbocycles. The summed E-state index contributed by atoms with van der Waals surface area (Å²) in [4.78, 5) is 55.3. The Morgan fingerprint density at radius 3 is 2.40 bits per heavy atom.